The third-order valence-corrected chi connectivity index (χ3v) is 3.39. The zero-order valence-corrected chi connectivity index (χ0v) is 11.2. The van der Waals surface area contributed by atoms with E-state index < -0.39 is 0 Å². The van der Waals surface area contributed by atoms with Crippen molar-refractivity contribution in [2.24, 2.45) is 0 Å². The average molecular weight is 304 g/mol. The number of H-pyrrole nitrogens is 1. The van der Waals surface area contributed by atoms with E-state index in [1.165, 1.54) is 0 Å². The van der Waals surface area contributed by atoms with Crippen LogP contribution in [0.15, 0.2) is 41.3 Å². The fraction of sp³-hybridized carbons (Fsp3) is 0.0769. The highest BCUT2D eigenvalue weighted by atomic mass is 79.9. The van der Waals surface area contributed by atoms with Crippen molar-refractivity contribution in [1.82, 2.24) is 15.0 Å². The molecule has 0 aliphatic carbocycles. The van der Waals surface area contributed by atoms with Crippen LogP contribution in [0.4, 0.5) is 0 Å². The highest BCUT2D eigenvalue weighted by molar-refractivity contribution is 9.10. The first-order valence-corrected chi connectivity index (χ1v) is 6.21. The van der Waals surface area contributed by atoms with E-state index in [4.69, 9.17) is 4.74 Å². The standard InChI is InChI=1S/C13H10BrN3O/c1-18-9-4-2-3-8(5-9)12-11-10(14)6-15-13(11)17-7-16-12/h2-7H,1H3,(H,15,16,17). The lowest BCUT2D eigenvalue weighted by Gasteiger charge is -2.05. The van der Waals surface area contributed by atoms with Crippen molar-refractivity contribution in [1.29, 1.82) is 0 Å². The molecule has 2 heterocycles. The van der Waals surface area contributed by atoms with Crippen LogP contribution in [0, 0.1) is 0 Å². The van der Waals surface area contributed by atoms with Gasteiger partial charge in [0.25, 0.3) is 0 Å². The van der Waals surface area contributed by atoms with Gasteiger partial charge >= 0.3 is 0 Å². The molecule has 0 radical (unpaired) electrons. The number of fused-ring (bicyclic) bond motifs is 1. The lowest BCUT2D eigenvalue weighted by atomic mass is 10.1. The maximum Gasteiger partial charge on any atom is 0.142 e. The predicted molar refractivity (Wildman–Crippen MR) is 73.6 cm³/mol. The zero-order chi connectivity index (χ0) is 12.5. The van der Waals surface area contributed by atoms with E-state index in [9.17, 15) is 0 Å². The lowest BCUT2D eigenvalue weighted by Crippen LogP contribution is -1.89. The molecule has 0 unspecified atom stereocenters. The lowest BCUT2D eigenvalue weighted by molar-refractivity contribution is 0.415. The van der Waals surface area contributed by atoms with Crippen LogP contribution in [0.5, 0.6) is 5.75 Å². The molecule has 0 aliphatic heterocycles. The average Bonchev–Trinajstić information content (AvgIpc) is 2.81. The van der Waals surface area contributed by atoms with Crippen LogP contribution in [0.25, 0.3) is 22.3 Å². The summed E-state index contributed by atoms with van der Waals surface area (Å²) < 4.78 is 6.19. The van der Waals surface area contributed by atoms with Crippen LogP contribution in [0.2, 0.25) is 0 Å². The quantitative estimate of drug-likeness (QED) is 0.789. The van der Waals surface area contributed by atoms with E-state index in [0.717, 1.165) is 32.5 Å². The molecule has 0 fully saturated rings. The van der Waals surface area contributed by atoms with Gasteiger partial charge in [0.15, 0.2) is 0 Å². The Morgan fingerprint density at radius 3 is 3.00 bits per heavy atom. The van der Waals surface area contributed by atoms with Crippen molar-refractivity contribution in [2.45, 2.75) is 0 Å². The monoisotopic (exact) mass is 303 g/mol. The Labute approximate surface area is 112 Å². The van der Waals surface area contributed by atoms with Gasteiger partial charge in [-0.15, -0.1) is 0 Å². The largest absolute Gasteiger partial charge is 0.497 e. The molecular formula is C13H10BrN3O. The first-order valence-electron chi connectivity index (χ1n) is 5.41. The van der Waals surface area contributed by atoms with Crippen LogP contribution < -0.4 is 4.74 Å². The molecule has 0 amide bonds. The van der Waals surface area contributed by atoms with Crippen LogP contribution in [0.3, 0.4) is 0 Å². The number of benzene rings is 1. The van der Waals surface area contributed by atoms with Gasteiger partial charge in [0.05, 0.1) is 18.2 Å². The summed E-state index contributed by atoms with van der Waals surface area (Å²) in [5, 5.41) is 0.978. The summed E-state index contributed by atoms with van der Waals surface area (Å²) in [4.78, 5) is 11.7. The number of nitrogens with zero attached hydrogens (tertiary/aromatic N) is 2. The zero-order valence-electron chi connectivity index (χ0n) is 9.64. The topological polar surface area (TPSA) is 50.8 Å². The smallest absolute Gasteiger partial charge is 0.142 e. The molecular weight excluding hydrogens is 294 g/mol. The van der Waals surface area contributed by atoms with Crippen molar-refractivity contribution in [3.05, 3.63) is 41.3 Å². The van der Waals surface area contributed by atoms with Gasteiger partial charge in [-0.25, -0.2) is 9.97 Å². The molecule has 1 N–H and O–H groups in total. The van der Waals surface area contributed by atoms with Crippen molar-refractivity contribution >= 4 is 27.0 Å². The summed E-state index contributed by atoms with van der Waals surface area (Å²) in [6.07, 6.45) is 3.42. The summed E-state index contributed by atoms with van der Waals surface area (Å²) in [6, 6.07) is 7.82. The van der Waals surface area contributed by atoms with Crippen LogP contribution in [-0.4, -0.2) is 22.1 Å². The molecule has 0 atom stereocenters. The van der Waals surface area contributed by atoms with Crippen molar-refractivity contribution < 1.29 is 4.74 Å². The number of rotatable bonds is 2. The summed E-state index contributed by atoms with van der Waals surface area (Å²) in [7, 11) is 1.65. The minimum Gasteiger partial charge on any atom is -0.497 e. The fourth-order valence-electron chi connectivity index (χ4n) is 1.91. The Bertz CT molecular complexity index is 708. The molecule has 1 aromatic carbocycles. The van der Waals surface area contributed by atoms with Crippen molar-refractivity contribution in [2.75, 3.05) is 7.11 Å². The first kappa shape index (κ1) is 11.2. The molecule has 2 aromatic heterocycles. The molecule has 90 valence electrons. The molecule has 0 aliphatic rings. The second kappa shape index (κ2) is 4.42. The van der Waals surface area contributed by atoms with Gasteiger partial charge in [0.2, 0.25) is 0 Å². The summed E-state index contributed by atoms with van der Waals surface area (Å²) in [5.41, 5.74) is 2.70. The van der Waals surface area contributed by atoms with E-state index in [1.807, 2.05) is 30.5 Å². The molecule has 0 spiro atoms. The number of methoxy groups -OCH3 is 1. The maximum absolute atomic E-state index is 5.24. The number of ether oxygens (including phenoxy) is 1. The van der Waals surface area contributed by atoms with E-state index >= 15 is 0 Å². The van der Waals surface area contributed by atoms with E-state index in [2.05, 4.69) is 30.9 Å². The second-order valence-corrected chi connectivity index (χ2v) is 4.67. The van der Waals surface area contributed by atoms with Gasteiger partial charge < -0.3 is 9.72 Å². The third kappa shape index (κ3) is 1.76. The predicted octanol–water partition coefficient (Wildman–Crippen LogP) is 3.40. The summed E-state index contributed by atoms with van der Waals surface area (Å²) in [5.74, 6) is 0.811. The molecule has 0 bridgehead atoms. The SMILES string of the molecule is COc1cccc(-c2ncnc3[nH]cc(Br)c23)c1. The minimum absolute atomic E-state index is 0.811. The highest BCUT2D eigenvalue weighted by Gasteiger charge is 2.11. The number of hydrogen-bond acceptors (Lipinski definition) is 3. The number of nitrogens with one attached hydrogen (secondary N) is 1. The fourth-order valence-corrected chi connectivity index (χ4v) is 2.40. The van der Waals surface area contributed by atoms with Gasteiger partial charge in [-0.2, -0.15) is 0 Å². The van der Waals surface area contributed by atoms with Crippen molar-refractivity contribution in [3.63, 3.8) is 0 Å². The molecule has 4 nitrogen and oxygen atoms in total. The maximum atomic E-state index is 5.24. The van der Waals surface area contributed by atoms with Gasteiger partial charge in [-0.05, 0) is 28.1 Å². The summed E-state index contributed by atoms with van der Waals surface area (Å²) in [6.45, 7) is 0. The number of aromatic amines is 1. The molecule has 3 rings (SSSR count). The van der Waals surface area contributed by atoms with Crippen molar-refractivity contribution in [3.8, 4) is 17.0 Å². The molecule has 5 heteroatoms. The van der Waals surface area contributed by atoms with E-state index in [-0.39, 0.29) is 0 Å². The second-order valence-electron chi connectivity index (χ2n) is 3.81. The minimum atomic E-state index is 0.811. The first-order chi connectivity index (χ1) is 8.79. The Morgan fingerprint density at radius 2 is 2.17 bits per heavy atom. The third-order valence-electron chi connectivity index (χ3n) is 2.76. The molecule has 0 saturated heterocycles. The Morgan fingerprint density at radius 1 is 1.28 bits per heavy atom. The van der Waals surface area contributed by atoms with Crippen LogP contribution in [0.1, 0.15) is 0 Å². The highest BCUT2D eigenvalue weighted by Crippen LogP contribution is 2.32. The van der Waals surface area contributed by atoms with Gasteiger partial charge in [0.1, 0.15) is 17.7 Å². The Balaban J connectivity index is 2.27. The molecule has 3 aromatic rings. The van der Waals surface area contributed by atoms with E-state index in [1.54, 1.807) is 13.4 Å². The molecule has 18 heavy (non-hydrogen) atoms. The van der Waals surface area contributed by atoms with E-state index in [0.29, 0.717) is 0 Å². The molecule has 0 saturated carbocycles. The number of hydrogen-bond donors (Lipinski definition) is 1. The van der Waals surface area contributed by atoms with Gasteiger partial charge in [0, 0.05) is 16.2 Å². The normalized spacial score (nSPS) is 10.8. The van der Waals surface area contributed by atoms with Gasteiger partial charge in [-0.3, -0.25) is 0 Å². The van der Waals surface area contributed by atoms with Crippen LogP contribution >= 0.6 is 15.9 Å². The Kier molecular flexibility index (Phi) is 2.76. The number of aromatic nitrogens is 3. The van der Waals surface area contributed by atoms with Crippen LogP contribution in [-0.2, 0) is 0 Å². The van der Waals surface area contributed by atoms with Gasteiger partial charge in [-0.1, -0.05) is 12.1 Å². The summed E-state index contributed by atoms with van der Waals surface area (Å²) >= 11 is 3.51. The Hall–Kier alpha value is -1.88. The number of halogens is 1.